The van der Waals surface area contributed by atoms with Crippen molar-refractivity contribution in [2.45, 2.75) is 46.1 Å². The van der Waals surface area contributed by atoms with Crippen LogP contribution in [-0.4, -0.2) is 22.1 Å². The zero-order chi connectivity index (χ0) is 20.6. The lowest BCUT2D eigenvalue weighted by molar-refractivity contribution is -0.152. The smallest absolute Gasteiger partial charge is 0.331 e. The maximum absolute atomic E-state index is 13.6. The first-order valence-corrected chi connectivity index (χ1v) is 10.0. The Hall–Kier alpha value is -2.54. The average molecular weight is 402 g/mol. The second-order valence-corrected chi connectivity index (χ2v) is 8.24. The fourth-order valence-corrected chi connectivity index (χ4v) is 4.12. The number of aromatic nitrogens is 2. The Bertz CT molecular complexity index is 1080. The van der Waals surface area contributed by atoms with Gasteiger partial charge in [0, 0.05) is 16.9 Å². The Balaban J connectivity index is 2.34. The summed E-state index contributed by atoms with van der Waals surface area (Å²) in [7, 11) is 0. The van der Waals surface area contributed by atoms with Gasteiger partial charge in [-0.1, -0.05) is 26.0 Å². The van der Waals surface area contributed by atoms with Crippen molar-refractivity contribution in [1.82, 2.24) is 9.55 Å². The predicted molar refractivity (Wildman–Crippen MR) is 109 cm³/mol. The minimum absolute atomic E-state index is 0.0674. The second kappa shape index (κ2) is 7.47. The van der Waals surface area contributed by atoms with E-state index < -0.39 is 11.5 Å². The van der Waals surface area contributed by atoms with Crippen molar-refractivity contribution in [3.8, 4) is 11.1 Å². The molecule has 2 aromatic heterocycles. The standard InChI is InChI=1S/C21H23FN2O3S/c1-6-27-20(26)21(4,5)24-17(12(2)3)23-18-16(19(24)25)15(11-28-18)13-7-9-14(22)10-8-13/h7-12H,6H2,1-5H3. The number of hydrogen-bond acceptors (Lipinski definition) is 5. The Morgan fingerprint density at radius 1 is 1.29 bits per heavy atom. The van der Waals surface area contributed by atoms with E-state index in [2.05, 4.69) is 0 Å². The summed E-state index contributed by atoms with van der Waals surface area (Å²) < 4.78 is 20.0. The van der Waals surface area contributed by atoms with Crippen LogP contribution in [0.2, 0.25) is 0 Å². The van der Waals surface area contributed by atoms with Crippen molar-refractivity contribution in [1.29, 1.82) is 0 Å². The number of fused-ring (bicyclic) bond motifs is 1. The molecule has 148 valence electrons. The third kappa shape index (κ3) is 3.35. The summed E-state index contributed by atoms with van der Waals surface area (Å²) in [5.41, 5.74) is -0.103. The third-order valence-corrected chi connectivity index (χ3v) is 5.51. The second-order valence-electron chi connectivity index (χ2n) is 7.38. The van der Waals surface area contributed by atoms with E-state index >= 15 is 0 Å². The molecule has 0 fully saturated rings. The summed E-state index contributed by atoms with van der Waals surface area (Å²) in [5, 5.41) is 2.27. The summed E-state index contributed by atoms with van der Waals surface area (Å²) >= 11 is 1.36. The number of hydrogen-bond donors (Lipinski definition) is 0. The molecule has 0 spiro atoms. The number of ether oxygens (including phenoxy) is 1. The molecule has 0 bridgehead atoms. The van der Waals surface area contributed by atoms with E-state index in [0.29, 0.717) is 21.6 Å². The molecule has 3 rings (SSSR count). The zero-order valence-corrected chi connectivity index (χ0v) is 17.4. The van der Waals surface area contributed by atoms with Gasteiger partial charge in [0.25, 0.3) is 5.56 Å². The Labute approximate surface area is 166 Å². The van der Waals surface area contributed by atoms with Gasteiger partial charge in [0.2, 0.25) is 0 Å². The summed E-state index contributed by atoms with van der Waals surface area (Å²) in [6.07, 6.45) is 0. The molecule has 1 aromatic carbocycles. The molecule has 7 heteroatoms. The molecule has 0 saturated carbocycles. The van der Waals surface area contributed by atoms with E-state index in [1.54, 1.807) is 32.9 Å². The molecule has 0 unspecified atom stereocenters. The Morgan fingerprint density at radius 2 is 1.93 bits per heavy atom. The lowest BCUT2D eigenvalue weighted by atomic mass is 10.0. The van der Waals surface area contributed by atoms with Gasteiger partial charge in [0.15, 0.2) is 0 Å². The minimum atomic E-state index is -1.21. The van der Waals surface area contributed by atoms with Gasteiger partial charge in [-0.25, -0.2) is 14.2 Å². The maximum Gasteiger partial charge on any atom is 0.331 e. The van der Waals surface area contributed by atoms with Crippen LogP contribution >= 0.6 is 11.3 Å². The van der Waals surface area contributed by atoms with E-state index in [1.165, 1.54) is 28.0 Å². The average Bonchev–Trinajstić information content (AvgIpc) is 3.06. The molecule has 0 amide bonds. The fourth-order valence-electron chi connectivity index (χ4n) is 3.17. The van der Waals surface area contributed by atoms with E-state index in [4.69, 9.17) is 9.72 Å². The molecule has 28 heavy (non-hydrogen) atoms. The van der Waals surface area contributed by atoms with Crippen molar-refractivity contribution in [2.24, 2.45) is 0 Å². The highest BCUT2D eigenvalue weighted by Crippen LogP contribution is 2.33. The van der Waals surface area contributed by atoms with Crippen molar-refractivity contribution in [3.05, 3.63) is 51.6 Å². The van der Waals surface area contributed by atoms with E-state index in [9.17, 15) is 14.0 Å². The van der Waals surface area contributed by atoms with Crippen LogP contribution in [0.3, 0.4) is 0 Å². The lowest BCUT2D eigenvalue weighted by Gasteiger charge is -2.28. The number of rotatable bonds is 5. The quantitative estimate of drug-likeness (QED) is 0.581. The third-order valence-electron chi connectivity index (χ3n) is 4.64. The van der Waals surface area contributed by atoms with Gasteiger partial charge < -0.3 is 4.74 Å². The highest BCUT2D eigenvalue weighted by molar-refractivity contribution is 7.17. The molecule has 3 aromatic rings. The highest BCUT2D eigenvalue weighted by Gasteiger charge is 2.36. The van der Waals surface area contributed by atoms with Crippen LogP contribution in [-0.2, 0) is 15.1 Å². The molecular formula is C21H23FN2O3S. The first kappa shape index (κ1) is 20.2. The highest BCUT2D eigenvalue weighted by atomic mass is 32.1. The SMILES string of the molecule is CCOC(=O)C(C)(C)n1c(C(C)C)nc2scc(-c3ccc(F)cc3)c2c1=O. The number of esters is 1. The molecule has 2 heterocycles. The number of nitrogens with zero attached hydrogens (tertiary/aromatic N) is 2. The molecule has 0 saturated heterocycles. The number of benzene rings is 1. The minimum Gasteiger partial charge on any atom is -0.464 e. The van der Waals surface area contributed by atoms with E-state index in [-0.39, 0.29) is 23.9 Å². The zero-order valence-electron chi connectivity index (χ0n) is 16.6. The number of carbonyl (C=O) groups is 1. The van der Waals surface area contributed by atoms with Crippen LogP contribution in [0.5, 0.6) is 0 Å². The molecule has 0 radical (unpaired) electrons. The van der Waals surface area contributed by atoms with Crippen LogP contribution in [0, 0.1) is 5.82 Å². The van der Waals surface area contributed by atoms with Gasteiger partial charge in [-0.05, 0) is 38.5 Å². The Morgan fingerprint density at radius 3 is 2.50 bits per heavy atom. The maximum atomic E-state index is 13.6. The van der Waals surface area contributed by atoms with Crippen LogP contribution in [0.15, 0.2) is 34.4 Å². The largest absolute Gasteiger partial charge is 0.464 e. The molecular weight excluding hydrogens is 379 g/mol. The molecule has 0 aliphatic heterocycles. The topological polar surface area (TPSA) is 61.2 Å². The van der Waals surface area contributed by atoms with E-state index in [1.807, 2.05) is 19.2 Å². The first-order chi connectivity index (χ1) is 13.2. The fraction of sp³-hybridized carbons (Fsp3) is 0.381. The van der Waals surface area contributed by atoms with Crippen LogP contribution < -0.4 is 5.56 Å². The van der Waals surface area contributed by atoms with E-state index in [0.717, 1.165) is 5.56 Å². The lowest BCUT2D eigenvalue weighted by Crippen LogP contribution is -2.46. The monoisotopic (exact) mass is 402 g/mol. The molecule has 0 N–H and O–H groups in total. The van der Waals surface area contributed by atoms with Gasteiger partial charge in [-0.15, -0.1) is 11.3 Å². The molecule has 0 atom stereocenters. The molecule has 5 nitrogen and oxygen atoms in total. The van der Waals surface area contributed by atoms with Gasteiger partial charge in [0.1, 0.15) is 22.0 Å². The van der Waals surface area contributed by atoms with Gasteiger partial charge in [0.05, 0.1) is 12.0 Å². The van der Waals surface area contributed by atoms with Crippen LogP contribution in [0.4, 0.5) is 4.39 Å². The van der Waals surface area contributed by atoms with Crippen molar-refractivity contribution >= 4 is 27.5 Å². The van der Waals surface area contributed by atoms with Crippen molar-refractivity contribution in [3.63, 3.8) is 0 Å². The van der Waals surface area contributed by atoms with Gasteiger partial charge >= 0.3 is 5.97 Å². The Kier molecular flexibility index (Phi) is 5.39. The number of thiophene rings is 1. The van der Waals surface area contributed by atoms with Crippen molar-refractivity contribution in [2.75, 3.05) is 6.61 Å². The summed E-state index contributed by atoms with van der Waals surface area (Å²) in [6, 6.07) is 5.98. The predicted octanol–water partition coefficient (Wildman–Crippen LogP) is 4.69. The first-order valence-electron chi connectivity index (χ1n) is 9.16. The van der Waals surface area contributed by atoms with Gasteiger partial charge in [-0.2, -0.15) is 0 Å². The van der Waals surface area contributed by atoms with Crippen LogP contribution in [0.25, 0.3) is 21.3 Å². The number of carbonyl (C=O) groups excluding carboxylic acids is 1. The van der Waals surface area contributed by atoms with Gasteiger partial charge in [-0.3, -0.25) is 9.36 Å². The normalized spacial score (nSPS) is 12.0. The number of halogens is 1. The molecule has 0 aliphatic rings. The van der Waals surface area contributed by atoms with Crippen LogP contribution in [0.1, 0.15) is 46.4 Å². The molecule has 0 aliphatic carbocycles. The summed E-state index contributed by atoms with van der Waals surface area (Å²) in [5.74, 6) is -0.367. The van der Waals surface area contributed by atoms with Crippen molar-refractivity contribution < 1.29 is 13.9 Å². The summed E-state index contributed by atoms with van der Waals surface area (Å²) in [4.78, 5) is 31.5. The summed E-state index contributed by atoms with van der Waals surface area (Å²) in [6.45, 7) is 9.14.